The zero-order valence-corrected chi connectivity index (χ0v) is 10.7. The maximum absolute atomic E-state index is 5.94. The van der Waals surface area contributed by atoms with Crippen LogP contribution < -0.4 is 10.6 Å². The summed E-state index contributed by atoms with van der Waals surface area (Å²) in [5.74, 6) is 0.953. The lowest BCUT2D eigenvalue weighted by Crippen LogP contribution is -2.31. The Balaban J connectivity index is 1.77. The summed E-state index contributed by atoms with van der Waals surface area (Å²) in [4.78, 5) is 2.57. The third-order valence-corrected chi connectivity index (χ3v) is 4.32. The number of rotatable bonds is 3. The molecule has 2 nitrogen and oxygen atoms in total. The van der Waals surface area contributed by atoms with Gasteiger partial charge >= 0.3 is 0 Å². The van der Waals surface area contributed by atoms with Gasteiger partial charge in [-0.3, -0.25) is 0 Å². The molecule has 0 spiro atoms. The molecule has 2 N–H and O–H groups in total. The second-order valence-electron chi connectivity index (χ2n) is 5.67. The Bertz CT molecular complexity index is 407. The largest absolute Gasteiger partial charge is 0.371 e. The van der Waals surface area contributed by atoms with Crippen LogP contribution in [-0.4, -0.2) is 13.1 Å². The number of fused-ring (bicyclic) bond motifs is 1. The molecule has 2 heteroatoms. The maximum Gasteiger partial charge on any atom is 0.0399 e. The number of nitrogens with zero attached hydrogens (tertiary/aromatic N) is 1. The summed E-state index contributed by atoms with van der Waals surface area (Å²) in [6.45, 7) is 4.53. The van der Waals surface area contributed by atoms with E-state index in [1.54, 1.807) is 0 Å². The maximum atomic E-state index is 5.94. The van der Waals surface area contributed by atoms with Gasteiger partial charge in [0.05, 0.1) is 0 Å². The molecular weight excluding hydrogens is 208 g/mol. The van der Waals surface area contributed by atoms with Crippen LogP contribution in [0.5, 0.6) is 0 Å². The Kier molecular flexibility index (Phi) is 2.83. The Morgan fingerprint density at radius 2 is 2.24 bits per heavy atom. The minimum atomic E-state index is 0.154. The zero-order valence-electron chi connectivity index (χ0n) is 10.7. The van der Waals surface area contributed by atoms with Crippen molar-refractivity contribution in [2.24, 2.45) is 11.7 Å². The quantitative estimate of drug-likeness (QED) is 0.865. The van der Waals surface area contributed by atoms with Crippen molar-refractivity contribution in [3.8, 4) is 0 Å². The summed E-state index contributed by atoms with van der Waals surface area (Å²) in [5.41, 5.74) is 10.2. The van der Waals surface area contributed by atoms with Crippen LogP contribution >= 0.6 is 0 Å². The molecule has 1 heterocycles. The van der Waals surface area contributed by atoms with Crippen LogP contribution in [0.25, 0.3) is 0 Å². The summed E-state index contributed by atoms with van der Waals surface area (Å²) >= 11 is 0. The first-order valence-corrected chi connectivity index (χ1v) is 6.87. The van der Waals surface area contributed by atoms with Crippen LogP contribution in [0.4, 0.5) is 5.69 Å². The van der Waals surface area contributed by atoms with Crippen molar-refractivity contribution in [1.82, 2.24) is 0 Å². The lowest BCUT2D eigenvalue weighted by Gasteiger charge is -2.31. The van der Waals surface area contributed by atoms with E-state index in [1.165, 1.54) is 55.6 Å². The fourth-order valence-corrected chi connectivity index (χ4v) is 2.95. The van der Waals surface area contributed by atoms with Crippen molar-refractivity contribution in [3.63, 3.8) is 0 Å². The van der Waals surface area contributed by atoms with Crippen LogP contribution in [0.15, 0.2) is 18.2 Å². The molecule has 1 aromatic carbocycles. The van der Waals surface area contributed by atoms with Crippen molar-refractivity contribution in [3.05, 3.63) is 29.3 Å². The van der Waals surface area contributed by atoms with Gasteiger partial charge in [0.15, 0.2) is 0 Å². The first kappa shape index (κ1) is 11.1. The Morgan fingerprint density at radius 3 is 2.88 bits per heavy atom. The van der Waals surface area contributed by atoms with Gasteiger partial charge < -0.3 is 10.6 Å². The molecular formula is C15H22N2. The van der Waals surface area contributed by atoms with Gasteiger partial charge in [0.25, 0.3) is 0 Å². The first-order valence-electron chi connectivity index (χ1n) is 6.87. The van der Waals surface area contributed by atoms with Crippen LogP contribution in [-0.2, 0) is 6.42 Å². The normalized spacial score (nSPS) is 21.2. The molecule has 2 aliphatic rings. The monoisotopic (exact) mass is 230 g/mol. The number of hydrogen-bond donors (Lipinski definition) is 1. The highest BCUT2D eigenvalue weighted by Gasteiger charge is 2.25. The van der Waals surface area contributed by atoms with Gasteiger partial charge in [-0.1, -0.05) is 18.6 Å². The fourth-order valence-electron chi connectivity index (χ4n) is 2.95. The van der Waals surface area contributed by atoms with Crippen molar-refractivity contribution < 1.29 is 0 Å². The van der Waals surface area contributed by atoms with E-state index < -0.39 is 0 Å². The molecule has 0 aromatic heterocycles. The summed E-state index contributed by atoms with van der Waals surface area (Å²) in [6, 6.07) is 6.93. The van der Waals surface area contributed by atoms with Gasteiger partial charge in [-0.05, 0) is 49.3 Å². The summed E-state index contributed by atoms with van der Waals surface area (Å²) in [6.07, 6.45) is 5.51. The van der Waals surface area contributed by atoms with Crippen LogP contribution in [0.2, 0.25) is 0 Å². The van der Waals surface area contributed by atoms with E-state index in [0.717, 1.165) is 5.92 Å². The topological polar surface area (TPSA) is 29.3 Å². The van der Waals surface area contributed by atoms with E-state index in [9.17, 15) is 0 Å². The van der Waals surface area contributed by atoms with E-state index in [0.29, 0.717) is 0 Å². The molecule has 1 aliphatic heterocycles. The van der Waals surface area contributed by atoms with E-state index in [-0.39, 0.29) is 6.04 Å². The van der Waals surface area contributed by atoms with Crippen LogP contribution in [0, 0.1) is 5.92 Å². The van der Waals surface area contributed by atoms with Gasteiger partial charge in [-0.2, -0.15) is 0 Å². The van der Waals surface area contributed by atoms with E-state index in [1.807, 2.05) is 0 Å². The summed E-state index contributed by atoms with van der Waals surface area (Å²) < 4.78 is 0. The van der Waals surface area contributed by atoms with Crippen molar-refractivity contribution in [1.29, 1.82) is 0 Å². The third-order valence-electron chi connectivity index (χ3n) is 4.32. The number of anilines is 1. The molecule has 0 bridgehead atoms. The van der Waals surface area contributed by atoms with Crippen LogP contribution in [0.1, 0.15) is 43.4 Å². The number of nitrogens with two attached hydrogens (primary N) is 1. The fraction of sp³-hybridized carbons (Fsp3) is 0.600. The Hall–Kier alpha value is -1.02. The molecule has 1 aromatic rings. The van der Waals surface area contributed by atoms with Crippen LogP contribution in [0.3, 0.4) is 0 Å². The smallest absolute Gasteiger partial charge is 0.0399 e. The van der Waals surface area contributed by atoms with Gasteiger partial charge in [0, 0.05) is 24.8 Å². The SMILES string of the molecule is CC(N)c1ccc2c(c1)CCN2CC1CCC1. The Labute approximate surface area is 104 Å². The van der Waals surface area contributed by atoms with Gasteiger partial charge in [0.1, 0.15) is 0 Å². The van der Waals surface area contributed by atoms with E-state index in [4.69, 9.17) is 5.73 Å². The molecule has 3 rings (SSSR count). The Morgan fingerprint density at radius 1 is 1.41 bits per heavy atom. The average molecular weight is 230 g/mol. The van der Waals surface area contributed by atoms with Crippen molar-refractivity contribution >= 4 is 5.69 Å². The predicted molar refractivity (Wildman–Crippen MR) is 72.3 cm³/mol. The highest BCUT2D eigenvalue weighted by atomic mass is 15.1. The minimum Gasteiger partial charge on any atom is -0.371 e. The van der Waals surface area contributed by atoms with Gasteiger partial charge in [-0.25, -0.2) is 0 Å². The predicted octanol–water partition coefficient (Wildman–Crippen LogP) is 2.87. The minimum absolute atomic E-state index is 0.154. The van der Waals surface area contributed by atoms with Crippen molar-refractivity contribution in [2.45, 2.75) is 38.6 Å². The highest BCUT2D eigenvalue weighted by molar-refractivity contribution is 5.59. The van der Waals surface area contributed by atoms with Gasteiger partial charge in [0.2, 0.25) is 0 Å². The number of benzene rings is 1. The molecule has 0 radical (unpaired) electrons. The highest BCUT2D eigenvalue weighted by Crippen LogP contribution is 2.34. The third kappa shape index (κ3) is 2.06. The molecule has 1 saturated carbocycles. The summed E-state index contributed by atoms with van der Waals surface area (Å²) in [5, 5.41) is 0. The number of hydrogen-bond acceptors (Lipinski definition) is 2. The standard InChI is InChI=1S/C15H22N2/c1-11(16)13-5-6-15-14(9-13)7-8-17(15)10-12-3-2-4-12/h5-6,9,11-12H,2-4,7-8,10,16H2,1H3. The van der Waals surface area contributed by atoms with E-state index >= 15 is 0 Å². The average Bonchev–Trinajstić information content (AvgIpc) is 2.65. The molecule has 92 valence electrons. The molecule has 1 atom stereocenters. The molecule has 1 fully saturated rings. The molecule has 1 aliphatic carbocycles. The first-order chi connectivity index (χ1) is 8.24. The molecule has 0 amide bonds. The second kappa shape index (κ2) is 4.34. The molecule has 1 unspecified atom stereocenters. The molecule has 0 saturated heterocycles. The second-order valence-corrected chi connectivity index (χ2v) is 5.67. The lowest BCUT2D eigenvalue weighted by atomic mass is 9.85. The van der Waals surface area contributed by atoms with E-state index in [2.05, 4.69) is 30.0 Å². The van der Waals surface area contributed by atoms with Gasteiger partial charge in [-0.15, -0.1) is 0 Å². The summed E-state index contributed by atoms with van der Waals surface area (Å²) in [7, 11) is 0. The molecule has 17 heavy (non-hydrogen) atoms. The zero-order chi connectivity index (χ0) is 11.8. The van der Waals surface area contributed by atoms with Crippen molar-refractivity contribution in [2.75, 3.05) is 18.0 Å². The lowest BCUT2D eigenvalue weighted by molar-refractivity contribution is 0.319.